The fraction of sp³-hybridized carbons (Fsp3) is 1.00. The molecule has 0 saturated heterocycles. The molecule has 0 amide bonds. The third-order valence-electron chi connectivity index (χ3n) is 2.18. The average molecular weight is 180 g/mol. The molecule has 0 aliphatic rings. The quantitative estimate of drug-likeness (QED) is 0.369. The van der Waals surface area contributed by atoms with E-state index in [-0.39, 0.29) is 16.7 Å². The van der Waals surface area contributed by atoms with Crippen molar-refractivity contribution in [3.63, 3.8) is 0 Å². The smallest absolute Gasteiger partial charge is 0.0925 e. The number of alkyl halides is 1. The highest BCUT2D eigenvalue weighted by Crippen LogP contribution is 2.16. The Kier molecular flexibility index (Phi) is 4.37. The van der Waals surface area contributed by atoms with E-state index in [2.05, 4.69) is 0 Å². The van der Waals surface area contributed by atoms with Crippen LogP contribution in [0.25, 0.3) is 0 Å². The molecule has 0 unspecified atom stereocenters. The number of hydroxylamine groups is 3. The Morgan fingerprint density at radius 3 is 1.64 bits per heavy atom. The molecule has 0 aliphatic carbocycles. The second-order valence-corrected chi connectivity index (χ2v) is 3.83. The molecule has 2 nitrogen and oxygen atoms in total. The summed E-state index contributed by atoms with van der Waals surface area (Å²) in [6, 6.07) is 0.211. The monoisotopic (exact) mass is 179 g/mol. The SMILES string of the molecule is CC(C)[N+]([O-])(CCCl)C(C)C. The van der Waals surface area contributed by atoms with E-state index in [4.69, 9.17) is 11.6 Å². The van der Waals surface area contributed by atoms with Gasteiger partial charge in [0.1, 0.15) is 0 Å². The van der Waals surface area contributed by atoms with Gasteiger partial charge in [0.05, 0.1) is 24.5 Å². The van der Waals surface area contributed by atoms with Crippen molar-refractivity contribution in [2.24, 2.45) is 0 Å². The normalized spacial score (nSPS) is 13.1. The fourth-order valence-electron chi connectivity index (χ4n) is 1.24. The number of hydrogen-bond acceptors (Lipinski definition) is 1. The Hall–Kier alpha value is 0.210. The van der Waals surface area contributed by atoms with Crippen LogP contribution in [0.4, 0.5) is 0 Å². The molecule has 68 valence electrons. The van der Waals surface area contributed by atoms with E-state index in [0.29, 0.717) is 12.4 Å². The van der Waals surface area contributed by atoms with Crippen LogP contribution in [0.1, 0.15) is 27.7 Å². The summed E-state index contributed by atoms with van der Waals surface area (Å²) in [5.41, 5.74) is 0. The van der Waals surface area contributed by atoms with Gasteiger partial charge in [0.2, 0.25) is 0 Å². The van der Waals surface area contributed by atoms with Gasteiger partial charge in [-0.1, -0.05) is 0 Å². The summed E-state index contributed by atoms with van der Waals surface area (Å²) in [5.74, 6) is 0.444. The van der Waals surface area contributed by atoms with Crippen molar-refractivity contribution in [3.8, 4) is 0 Å². The standard InChI is InChI=1S/C8H18ClNO/c1-7(2)10(11,6-5-9)8(3)4/h7-8H,5-6H2,1-4H3. The minimum absolute atomic E-state index is 0.105. The van der Waals surface area contributed by atoms with Crippen LogP contribution >= 0.6 is 11.6 Å². The molecule has 0 aromatic carbocycles. The van der Waals surface area contributed by atoms with Gasteiger partial charge in [-0.25, -0.2) is 0 Å². The maximum Gasteiger partial charge on any atom is 0.0925 e. The number of nitrogens with zero attached hydrogens (tertiary/aromatic N) is 1. The Morgan fingerprint density at radius 1 is 1.18 bits per heavy atom. The molecule has 0 radical (unpaired) electrons. The summed E-state index contributed by atoms with van der Waals surface area (Å²) < 4.78 is -0.177. The van der Waals surface area contributed by atoms with E-state index in [1.54, 1.807) is 0 Å². The second kappa shape index (κ2) is 4.29. The highest BCUT2D eigenvalue weighted by Gasteiger charge is 2.23. The molecule has 0 atom stereocenters. The molecule has 0 rings (SSSR count). The van der Waals surface area contributed by atoms with Crippen molar-refractivity contribution in [2.45, 2.75) is 39.8 Å². The summed E-state index contributed by atoms with van der Waals surface area (Å²) in [5, 5.41) is 12.0. The third-order valence-corrected chi connectivity index (χ3v) is 2.35. The summed E-state index contributed by atoms with van der Waals surface area (Å²) in [7, 11) is 0. The first-order chi connectivity index (χ1) is 4.95. The molecular formula is C8H18ClNO. The average Bonchev–Trinajstić information content (AvgIpc) is 1.87. The van der Waals surface area contributed by atoms with Crippen LogP contribution in [-0.2, 0) is 0 Å². The first-order valence-corrected chi connectivity index (χ1v) is 4.63. The number of quaternary nitrogens is 1. The molecule has 0 N–H and O–H groups in total. The highest BCUT2D eigenvalue weighted by atomic mass is 35.5. The van der Waals surface area contributed by atoms with Crippen LogP contribution in [0.5, 0.6) is 0 Å². The molecule has 0 aromatic rings. The summed E-state index contributed by atoms with van der Waals surface area (Å²) in [4.78, 5) is 0. The largest absolute Gasteiger partial charge is 0.632 e. The van der Waals surface area contributed by atoms with Gasteiger partial charge < -0.3 is 9.85 Å². The summed E-state index contributed by atoms with van der Waals surface area (Å²) in [6.07, 6.45) is 0. The van der Waals surface area contributed by atoms with Gasteiger partial charge in [0, 0.05) is 0 Å². The van der Waals surface area contributed by atoms with Gasteiger partial charge in [0.15, 0.2) is 0 Å². The summed E-state index contributed by atoms with van der Waals surface area (Å²) >= 11 is 5.56. The lowest BCUT2D eigenvalue weighted by Crippen LogP contribution is -2.53. The van der Waals surface area contributed by atoms with Crippen molar-refractivity contribution in [3.05, 3.63) is 5.21 Å². The molecule has 0 aliphatic heterocycles. The Labute approximate surface area is 74.3 Å². The van der Waals surface area contributed by atoms with E-state index in [9.17, 15) is 5.21 Å². The van der Waals surface area contributed by atoms with Gasteiger partial charge in [-0.2, -0.15) is 0 Å². The molecule has 0 aromatic heterocycles. The van der Waals surface area contributed by atoms with Gasteiger partial charge >= 0.3 is 0 Å². The third kappa shape index (κ3) is 2.62. The van der Waals surface area contributed by atoms with Crippen LogP contribution in [-0.4, -0.2) is 29.2 Å². The molecule has 0 spiro atoms. The zero-order chi connectivity index (χ0) is 9.07. The fourth-order valence-corrected chi connectivity index (χ4v) is 1.51. The van der Waals surface area contributed by atoms with E-state index in [1.807, 2.05) is 27.7 Å². The first kappa shape index (κ1) is 11.2. The van der Waals surface area contributed by atoms with Crippen LogP contribution < -0.4 is 0 Å². The summed E-state index contributed by atoms with van der Waals surface area (Å²) in [6.45, 7) is 8.29. The first-order valence-electron chi connectivity index (χ1n) is 4.09. The maximum atomic E-state index is 12.0. The topological polar surface area (TPSA) is 23.1 Å². The second-order valence-electron chi connectivity index (χ2n) is 3.45. The van der Waals surface area contributed by atoms with Crippen molar-refractivity contribution >= 4 is 11.6 Å². The predicted molar refractivity (Wildman–Crippen MR) is 49.5 cm³/mol. The molecular weight excluding hydrogens is 162 g/mol. The van der Waals surface area contributed by atoms with Gasteiger partial charge in [-0.05, 0) is 27.7 Å². The molecule has 3 heteroatoms. The number of halogens is 1. The van der Waals surface area contributed by atoms with Crippen molar-refractivity contribution < 1.29 is 4.65 Å². The highest BCUT2D eigenvalue weighted by molar-refractivity contribution is 6.17. The molecule has 11 heavy (non-hydrogen) atoms. The lowest BCUT2D eigenvalue weighted by Gasteiger charge is -2.49. The molecule has 0 heterocycles. The molecule has 0 saturated carbocycles. The van der Waals surface area contributed by atoms with E-state index in [0.717, 1.165) is 0 Å². The maximum absolute atomic E-state index is 12.0. The zero-order valence-corrected chi connectivity index (χ0v) is 8.56. The minimum Gasteiger partial charge on any atom is -0.632 e. The van der Waals surface area contributed by atoms with Crippen LogP contribution in [0.15, 0.2) is 0 Å². The minimum atomic E-state index is -0.177. The van der Waals surface area contributed by atoms with Gasteiger partial charge in [0.25, 0.3) is 0 Å². The Balaban J connectivity index is 4.26. The van der Waals surface area contributed by atoms with Gasteiger partial charge in [-0.3, -0.25) is 0 Å². The van der Waals surface area contributed by atoms with Crippen LogP contribution in [0, 0.1) is 5.21 Å². The van der Waals surface area contributed by atoms with Crippen molar-refractivity contribution in [1.29, 1.82) is 0 Å². The van der Waals surface area contributed by atoms with Crippen molar-refractivity contribution in [2.75, 3.05) is 12.4 Å². The predicted octanol–water partition coefficient (Wildman–Crippen LogP) is 2.36. The zero-order valence-electron chi connectivity index (χ0n) is 7.80. The van der Waals surface area contributed by atoms with Crippen LogP contribution in [0.2, 0.25) is 0 Å². The lowest BCUT2D eigenvalue weighted by molar-refractivity contribution is -0.919. The lowest BCUT2D eigenvalue weighted by atomic mass is 10.2. The van der Waals surface area contributed by atoms with E-state index >= 15 is 0 Å². The molecule has 0 bridgehead atoms. The van der Waals surface area contributed by atoms with E-state index in [1.165, 1.54) is 0 Å². The number of hydrogen-bond donors (Lipinski definition) is 0. The molecule has 0 fully saturated rings. The number of rotatable bonds is 4. The van der Waals surface area contributed by atoms with Gasteiger partial charge in [-0.15, -0.1) is 11.6 Å². The Morgan fingerprint density at radius 2 is 1.55 bits per heavy atom. The van der Waals surface area contributed by atoms with Crippen molar-refractivity contribution in [1.82, 2.24) is 0 Å². The van der Waals surface area contributed by atoms with Crippen LogP contribution in [0.3, 0.4) is 0 Å². The van der Waals surface area contributed by atoms with E-state index < -0.39 is 0 Å². The Bertz CT molecular complexity index is 107.